The molecule has 0 spiro atoms. The molecule has 0 saturated heterocycles. The van der Waals surface area contributed by atoms with Crippen LogP contribution in [0, 0.1) is 5.92 Å². The molecule has 1 aliphatic carbocycles. The number of ether oxygens (including phenoxy) is 1. The number of esters is 1. The standard InChI is InChI=1S/C29H37O7P/c1-5-6-8-11-21-17-25(30)27(24-16-20(4)14-15-23(24)19(2)3)26(18-21)35-29(31)28(36-37(32,33)34)22-12-9-7-10-13-22/h7,9-10,12-13,16-18,23-24,28,30H,2,5-6,8,11,14-15H2,1,3-4H3,(H2,32,33,34)/t23-,24+,28?/m0/s1. The first-order valence-corrected chi connectivity index (χ1v) is 14.2. The molecule has 3 atom stereocenters. The lowest BCUT2D eigenvalue weighted by molar-refractivity contribution is -0.143. The van der Waals surface area contributed by atoms with Gasteiger partial charge in [0.1, 0.15) is 11.5 Å². The number of carbonyl (C=O) groups is 1. The van der Waals surface area contributed by atoms with Gasteiger partial charge in [-0.05, 0) is 68.7 Å². The Hall–Kier alpha value is -2.70. The maximum Gasteiger partial charge on any atom is 0.470 e. The van der Waals surface area contributed by atoms with Gasteiger partial charge >= 0.3 is 13.8 Å². The Morgan fingerprint density at radius 2 is 1.89 bits per heavy atom. The van der Waals surface area contributed by atoms with E-state index >= 15 is 0 Å². The summed E-state index contributed by atoms with van der Waals surface area (Å²) in [4.78, 5) is 32.3. The summed E-state index contributed by atoms with van der Waals surface area (Å²) < 4.78 is 22.4. The first-order valence-electron chi connectivity index (χ1n) is 12.7. The van der Waals surface area contributed by atoms with Crippen LogP contribution in [-0.2, 0) is 20.3 Å². The number of phenols is 1. The van der Waals surface area contributed by atoms with Crippen LogP contribution in [0.4, 0.5) is 0 Å². The van der Waals surface area contributed by atoms with Crippen LogP contribution in [0.15, 0.2) is 66.3 Å². The first-order chi connectivity index (χ1) is 17.5. The summed E-state index contributed by atoms with van der Waals surface area (Å²) in [6.45, 7) is 10.2. The number of hydrogen-bond donors (Lipinski definition) is 3. The minimum atomic E-state index is -5.02. The molecule has 0 bridgehead atoms. The highest BCUT2D eigenvalue weighted by Gasteiger charge is 2.35. The molecular formula is C29H37O7P. The highest BCUT2D eigenvalue weighted by molar-refractivity contribution is 7.46. The van der Waals surface area contributed by atoms with Crippen LogP contribution in [0.25, 0.3) is 0 Å². The molecule has 0 heterocycles. The number of rotatable bonds is 11. The molecule has 0 fully saturated rings. The summed E-state index contributed by atoms with van der Waals surface area (Å²) in [5.41, 5.74) is 3.65. The molecule has 1 aliphatic rings. The molecule has 7 nitrogen and oxygen atoms in total. The molecular weight excluding hydrogens is 491 g/mol. The van der Waals surface area contributed by atoms with E-state index in [9.17, 15) is 24.3 Å². The maximum absolute atomic E-state index is 13.4. The average Bonchev–Trinajstić information content (AvgIpc) is 2.82. The first kappa shape index (κ1) is 28.9. The highest BCUT2D eigenvalue weighted by atomic mass is 31.2. The quantitative estimate of drug-likeness (QED) is 0.0956. The summed E-state index contributed by atoms with van der Waals surface area (Å²) in [5.74, 6) is -1.03. The van der Waals surface area contributed by atoms with Gasteiger partial charge in [-0.25, -0.2) is 9.36 Å². The van der Waals surface area contributed by atoms with E-state index in [2.05, 4.69) is 19.6 Å². The molecule has 0 aromatic heterocycles. The Morgan fingerprint density at radius 3 is 2.51 bits per heavy atom. The smallest absolute Gasteiger partial charge is 0.470 e. The van der Waals surface area contributed by atoms with Crippen molar-refractivity contribution < 1.29 is 33.5 Å². The topological polar surface area (TPSA) is 113 Å². The molecule has 3 N–H and O–H groups in total. The highest BCUT2D eigenvalue weighted by Crippen LogP contribution is 2.48. The number of benzene rings is 2. The van der Waals surface area contributed by atoms with Gasteiger partial charge in [-0.2, -0.15) is 0 Å². The van der Waals surface area contributed by atoms with Gasteiger partial charge in [-0.15, -0.1) is 0 Å². The second-order valence-corrected chi connectivity index (χ2v) is 11.0. The van der Waals surface area contributed by atoms with Gasteiger partial charge in [0.15, 0.2) is 6.10 Å². The Balaban J connectivity index is 2.08. The third kappa shape index (κ3) is 7.89. The molecule has 2 aromatic carbocycles. The molecule has 0 aliphatic heterocycles. The number of aryl methyl sites for hydroxylation is 1. The monoisotopic (exact) mass is 528 g/mol. The zero-order valence-corrected chi connectivity index (χ0v) is 22.6. The summed E-state index contributed by atoms with van der Waals surface area (Å²) in [7, 11) is -5.02. The average molecular weight is 529 g/mol. The van der Waals surface area contributed by atoms with Gasteiger partial charge < -0.3 is 19.6 Å². The molecule has 1 unspecified atom stereocenters. The largest absolute Gasteiger partial charge is 0.507 e. The van der Waals surface area contributed by atoms with Crippen molar-refractivity contribution in [2.75, 3.05) is 0 Å². The summed E-state index contributed by atoms with van der Waals surface area (Å²) in [6.07, 6.45) is 5.84. The van der Waals surface area contributed by atoms with Crippen molar-refractivity contribution >= 4 is 13.8 Å². The Labute approximate surface area is 219 Å². The van der Waals surface area contributed by atoms with Crippen LogP contribution in [0.5, 0.6) is 11.5 Å². The van der Waals surface area contributed by atoms with Gasteiger partial charge in [-0.3, -0.25) is 4.52 Å². The molecule has 37 heavy (non-hydrogen) atoms. The van der Waals surface area contributed by atoms with E-state index in [1.165, 1.54) is 12.1 Å². The van der Waals surface area contributed by atoms with Crippen LogP contribution in [0.2, 0.25) is 0 Å². The molecule has 0 saturated carbocycles. The second kappa shape index (κ2) is 12.7. The van der Waals surface area contributed by atoms with Crippen molar-refractivity contribution in [1.82, 2.24) is 0 Å². The van der Waals surface area contributed by atoms with E-state index in [0.717, 1.165) is 48.8 Å². The van der Waals surface area contributed by atoms with Gasteiger partial charge in [0.25, 0.3) is 0 Å². The Morgan fingerprint density at radius 1 is 1.19 bits per heavy atom. The van der Waals surface area contributed by atoms with Crippen molar-refractivity contribution in [2.24, 2.45) is 5.92 Å². The lowest BCUT2D eigenvalue weighted by Gasteiger charge is -2.32. The summed E-state index contributed by atoms with van der Waals surface area (Å²) in [5, 5.41) is 11.2. The number of aromatic hydroxyl groups is 1. The summed E-state index contributed by atoms with van der Waals surface area (Å²) >= 11 is 0. The van der Waals surface area contributed by atoms with Gasteiger partial charge in [0, 0.05) is 11.5 Å². The second-order valence-electron chi connectivity index (χ2n) is 9.82. The predicted octanol–water partition coefficient (Wildman–Crippen LogP) is 6.90. The van der Waals surface area contributed by atoms with Crippen molar-refractivity contribution in [3.63, 3.8) is 0 Å². The normalized spacial score (nSPS) is 18.7. The van der Waals surface area contributed by atoms with E-state index in [0.29, 0.717) is 12.0 Å². The fourth-order valence-electron chi connectivity index (χ4n) is 4.88. The minimum Gasteiger partial charge on any atom is -0.507 e. The van der Waals surface area contributed by atoms with Crippen molar-refractivity contribution in [2.45, 2.75) is 71.3 Å². The van der Waals surface area contributed by atoms with Crippen molar-refractivity contribution in [3.05, 3.63) is 83.0 Å². The molecule has 8 heteroatoms. The van der Waals surface area contributed by atoms with Crippen LogP contribution < -0.4 is 4.74 Å². The lowest BCUT2D eigenvalue weighted by atomic mass is 9.73. The number of allylic oxidation sites excluding steroid dienone is 3. The molecule has 3 rings (SSSR count). The molecule has 0 amide bonds. The van der Waals surface area contributed by atoms with Crippen LogP contribution in [0.1, 0.15) is 81.6 Å². The third-order valence-corrected chi connectivity index (χ3v) is 7.22. The zero-order valence-electron chi connectivity index (χ0n) is 21.7. The molecule has 200 valence electrons. The minimum absolute atomic E-state index is 0.0196. The molecule has 2 aromatic rings. The maximum atomic E-state index is 13.4. The Bertz CT molecular complexity index is 1180. The van der Waals surface area contributed by atoms with E-state index in [1.54, 1.807) is 30.3 Å². The van der Waals surface area contributed by atoms with E-state index < -0.39 is 19.9 Å². The number of hydrogen-bond acceptors (Lipinski definition) is 5. The lowest BCUT2D eigenvalue weighted by Crippen LogP contribution is -2.23. The van der Waals surface area contributed by atoms with E-state index in [1.807, 2.05) is 13.8 Å². The van der Waals surface area contributed by atoms with Crippen LogP contribution in [-0.4, -0.2) is 20.9 Å². The molecule has 0 radical (unpaired) electrons. The van der Waals surface area contributed by atoms with Crippen LogP contribution >= 0.6 is 7.82 Å². The van der Waals surface area contributed by atoms with Gasteiger partial charge in [-0.1, -0.05) is 73.9 Å². The number of phosphoric acid groups is 1. The third-order valence-electron chi connectivity index (χ3n) is 6.73. The van der Waals surface area contributed by atoms with Gasteiger partial charge in [0.05, 0.1) is 0 Å². The number of phenolic OH excluding ortho intramolecular Hbond substituents is 1. The number of unbranched alkanes of at least 4 members (excludes halogenated alkanes) is 2. The Kier molecular flexibility index (Phi) is 9.91. The predicted molar refractivity (Wildman–Crippen MR) is 143 cm³/mol. The SMILES string of the molecule is C=C(C)[C@@H]1CCC(C)=C[C@H]1c1c(O)cc(CCCCC)cc1OC(=O)C(OP(=O)(O)O)c1ccccc1. The van der Waals surface area contributed by atoms with Gasteiger partial charge in [0.2, 0.25) is 0 Å². The van der Waals surface area contributed by atoms with Crippen molar-refractivity contribution in [1.29, 1.82) is 0 Å². The number of carbonyl (C=O) groups excluding carboxylic acids is 1. The summed E-state index contributed by atoms with van der Waals surface area (Å²) in [6, 6.07) is 11.5. The number of phosphoric ester groups is 1. The fourth-order valence-corrected chi connectivity index (χ4v) is 5.37. The van der Waals surface area contributed by atoms with Crippen LogP contribution in [0.3, 0.4) is 0 Å². The zero-order chi connectivity index (χ0) is 27.2. The van der Waals surface area contributed by atoms with Crippen molar-refractivity contribution in [3.8, 4) is 11.5 Å². The van der Waals surface area contributed by atoms with E-state index in [4.69, 9.17) is 9.26 Å². The fraction of sp³-hybridized carbons (Fsp3) is 0.414. The van der Waals surface area contributed by atoms with E-state index in [-0.39, 0.29) is 28.9 Å².